The van der Waals surface area contributed by atoms with Gasteiger partial charge in [-0.15, -0.1) is 11.5 Å². The number of amides is 1. The first-order valence-electron chi connectivity index (χ1n) is 5.08. The molecule has 0 fully saturated rings. The summed E-state index contributed by atoms with van der Waals surface area (Å²) in [5, 5.41) is 13.1. The quantitative estimate of drug-likeness (QED) is 0.458. The topological polar surface area (TPSA) is 71.8 Å². The van der Waals surface area contributed by atoms with Crippen molar-refractivity contribution in [1.29, 1.82) is 0 Å². The molecule has 0 saturated carbocycles. The SMILES string of the molecule is C#CCNCC(=O)NCCCn1ccnn1. The molecule has 0 aliphatic carbocycles. The highest BCUT2D eigenvalue weighted by molar-refractivity contribution is 5.77. The van der Waals surface area contributed by atoms with Crippen LogP contribution in [0.3, 0.4) is 0 Å². The summed E-state index contributed by atoms with van der Waals surface area (Å²) in [4.78, 5) is 11.2. The zero-order chi connectivity index (χ0) is 11.6. The Bertz CT molecular complexity index is 341. The first kappa shape index (κ1) is 12.2. The predicted octanol–water partition coefficient (Wildman–Crippen LogP) is -0.993. The van der Waals surface area contributed by atoms with Crippen LogP contribution in [0.25, 0.3) is 0 Å². The molecular formula is C10H15N5O. The van der Waals surface area contributed by atoms with E-state index in [4.69, 9.17) is 6.42 Å². The van der Waals surface area contributed by atoms with Gasteiger partial charge in [0.15, 0.2) is 0 Å². The van der Waals surface area contributed by atoms with Crippen LogP contribution in [0.2, 0.25) is 0 Å². The molecule has 1 amide bonds. The third-order valence-electron chi connectivity index (χ3n) is 1.87. The second-order valence-electron chi connectivity index (χ2n) is 3.18. The molecule has 0 bridgehead atoms. The first-order chi connectivity index (χ1) is 7.83. The highest BCUT2D eigenvalue weighted by Crippen LogP contribution is 1.85. The van der Waals surface area contributed by atoms with Gasteiger partial charge in [0.1, 0.15) is 0 Å². The number of nitrogens with zero attached hydrogens (tertiary/aromatic N) is 3. The van der Waals surface area contributed by atoms with Crippen LogP contribution in [0, 0.1) is 12.3 Å². The Labute approximate surface area is 94.4 Å². The Morgan fingerprint density at radius 1 is 1.56 bits per heavy atom. The fourth-order valence-electron chi connectivity index (χ4n) is 1.13. The average Bonchev–Trinajstić information content (AvgIpc) is 2.78. The van der Waals surface area contributed by atoms with Gasteiger partial charge >= 0.3 is 0 Å². The minimum absolute atomic E-state index is 0.0474. The normalized spacial score (nSPS) is 9.69. The van der Waals surface area contributed by atoms with Gasteiger partial charge in [-0.3, -0.25) is 14.8 Å². The van der Waals surface area contributed by atoms with Gasteiger partial charge in [0, 0.05) is 19.3 Å². The van der Waals surface area contributed by atoms with Crippen LogP contribution in [0.1, 0.15) is 6.42 Å². The second kappa shape index (κ2) is 7.43. The average molecular weight is 221 g/mol. The number of aromatic nitrogens is 3. The van der Waals surface area contributed by atoms with Crippen LogP contribution in [-0.4, -0.2) is 40.5 Å². The molecule has 1 rings (SSSR count). The van der Waals surface area contributed by atoms with Gasteiger partial charge in [0.25, 0.3) is 0 Å². The van der Waals surface area contributed by atoms with Gasteiger partial charge < -0.3 is 5.32 Å². The molecule has 86 valence electrons. The Kier molecular flexibility index (Phi) is 5.66. The van der Waals surface area contributed by atoms with Crippen molar-refractivity contribution >= 4 is 5.91 Å². The molecule has 0 aliphatic rings. The molecular weight excluding hydrogens is 206 g/mol. The summed E-state index contributed by atoms with van der Waals surface area (Å²) in [6.45, 7) is 2.04. The number of hydrogen-bond acceptors (Lipinski definition) is 4. The highest BCUT2D eigenvalue weighted by Gasteiger charge is 1.98. The maximum atomic E-state index is 11.2. The molecule has 6 nitrogen and oxygen atoms in total. The van der Waals surface area contributed by atoms with Crippen LogP contribution >= 0.6 is 0 Å². The number of aryl methyl sites for hydroxylation is 1. The minimum Gasteiger partial charge on any atom is -0.355 e. The molecule has 1 heterocycles. The minimum atomic E-state index is -0.0474. The number of carbonyl (C=O) groups is 1. The summed E-state index contributed by atoms with van der Waals surface area (Å²) in [7, 11) is 0. The van der Waals surface area contributed by atoms with Gasteiger partial charge in [-0.25, -0.2) is 0 Å². The Hall–Kier alpha value is -1.87. The number of rotatable bonds is 7. The summed E-state index contributed by atoms with van der Waals surface area (Å²) in [5.41, 5.74) is 0. The lowest BCUT2D eigenvalue weighted by Crippen LogP contribution is -2.34. The first-order valence-corrected chi connectivity index (χ1v) is 5.08. The van der Waals surface area contributed by atoms with Crippen LogP contribution in [0.15, 0.2) is 12.4 Å². The number of nitrogens with one attached hydrogen (secondary N) is 2. The third-order valence-corrected chi connectivity index (χ3v) is 1.87. The van der Waals surface area contributed by atoms with Crippen molar-refractivity contribution in [3.63, 3.8) is 0 Å². The van der Waals surface area contributed by atoms with Gasteiger partial charge in [0.05, 0.1) is 19.3 Å². The van der Waals surface area contributed by atoms with Crippen molar-refractivity contribution in [2.75, 3.05) is 19.6 Å². The third kappa shape index (κ3) is 5.12. The number of terminal acetylenes is 1. The number of hydrogen-bond donors (Lipinski definition) is 2. The number of carbonyl (C=O) groups excluding carboxylic acids is 1. The van der Waals surface area contributed by atoms with Crippen LogP contribution in [0.5, 0.6) is 0 Å². The van der Waals surface area contributed by atoms with Crippen molar-refractivity contribution in [2.45, 2.75) is 13.0 Å². The zero-order valence-corrected chi connectivity index (χ0v) is 9.02. The molecule has 6 heteroatoms. The summed E-state index contributed by atoms with van der Waals surface area (Å²) >= 11 is 0. The van der Waals surface area contributed by atoms with E-state index >= 15 is 0 Å². The molecule has 0 radical (unpaired) electrons. The van der Waals surface area contributed by atoms with E-state index in [-0.39, 0.29) is 12.5 Å². The Balaban J connectivity index is 1.98. The second-order valence-corrected chi connectivity index (χ2v) is 3.18. The van der Waals surface area contributed by atoms with Crippen LogP contribution in [0.4, 0.5) is 0 Å². The molecule has 0 aromatic carbocycles. The maximum absolute atomic E-state index is 11.2. The molecule has 16 heavy (non-hydrogen) atoms. The van der Waals surface area contributed by atoms with Gasteiger partial charge in [-0.05, 0) is 6.42 Å². The predicted molar refractivity (Wildman–Crippen MR) is 59.4 cm³/mol. The lowest BCUT2D eigenvalue weighted by Gasteiger charge is -2.04. The molecule has 0 unspecified atom stereocenters. The summed E-state index contributed by atoms with van der Waals surface area (Å²) in [6, 6.07) is 0. The van der Waals surface area contributed by atoms with E-state index in [1.165, 1.54) is 0 Å². The van der Waals surface area contributed by atoms with E-state index in [1.54, 1.807) is 17.1 Å². The van der Waals surface area contributed by atoms with Crippen molar-refractivity contribution in [3.8, 4) is 12.3 Å². The van der Waals surface area contributed by atoms with Crippen LogP contribution in [-0.2, 0) is 11.3 Å². The molecule has 2 N–H and O–H groups in total. The highest BCUT2D eigenvalue weighted by atomic mass is 16.1. The van der Waals surface area contributed by atoms with Crippen LogP contribution < -0.4 is 10.6 Å². The summed E-state index contributed by atoms with van der Waals surface area (Å²) < 4.78 is 1.72. The fourth-order valence-corrected chi connectivity index (χ4v) is 1.13. The molecule has 1 aromatic heterocycles. The monoisotopic (exact) mass is 221 g/mol. The van der Waals surface area contributed by atoms with E-state index in [0.717, 1.165) is 13.0 Å². The molecule has 0 atom stereocenters. The van der Waals surface area contributed by atoms with Crippen molar-refractivity contribution < 1.29 is 4.79 Å². The van der Waals surface area contributed by atoms with Gasteiger partial charge in [-0.2, -0.15) is 0 Å². The van der Waals surface area contributed by atoms with Crippen molar-refractivity contribution in [3.05, 3.63) is 12.4 Å². The molecule has 0 aliphatic heterocycles. The summed E-state index contributed by atoms with van der Waals surface area (Å²) in [6.07, 6.45) is 9.27. The standard InChI is InChI=1S/C10H15N5O/c1-2-4-11-9-10(16)12-5-3-7-15-8-6-13-14-15/h1,6,8,11H,3-5,7,9H2,(H,12,16). The van der Waals surface area contributed by atoms with E-state index in [0.29, 0.717) is 13.1 Å². The maximum Gasteiger partial charge on any atom is 0.233 e. The van der Waals surface area contributed by atoms with E-state index in [1.807, 2.05) is 0 Å². The van der Waals surface area contributed by atoms with E-state index < -0.39 is 0 Å². The zero-order valence-electron chi connectivity index (χ0n) is 9.02. The molecule has 0 saturated heterocycles. The van der Waals surface area contributed by atoms with Gasteiger partial charge in [0.2, 0.25) is 5.91 Å². The molecule has 1 aromatic rings. The molecule has 0 spiro atoms. The lowest BCUT2D eigenvalue weighted by atomic mass is 10.4. The fraction of sp³-hybridized carbons (Fsp3) is 0.500. The van der Waals surface area contributed by atoms with Crippen molar-refractivity contribution in [1.82, 2.24) is 25.6 Å². The van der Waals surface area contributed by atoms with E-state index in [2.05, 4.69) is 26.9 Å². The lowest BCUT2D eigenvalue weighted by molar-refractivity contribution is -0.120. The Morgan fingerprint density at radius 2 is 2.44 bits per heavy atom. The van der Waals surface area contributed by atoms with E-state index in [9.17, 15) is 4.79 Å². The Morgan fingerprint density at radius 3 is 3.12 bits per heavy atom. The van der Waals surface area contributed by atoms with Crippen molar-refractivity contribution in [2.24, 2.45) is 0 Å². The van der Waals surface area contributed by atoms with Gasteiger partial charge in [-0.1, -0.05) is 11.1 Å². The summed E-state index contributed by atoms with van der Waals surface area (Å²) in [5.74, 6) is 2.35. The largest absolute Gasteiger partial charge is 0.355 e. The smallest absolute Gasteiger partial charge is 0.233 e.